The highest BCUT2D eigenvalue weighted by atomic mass is 35.5. The number of halogens is 1. The standard InChI is InChI=1S/C4H7NO3.ClH/c5-4(1-2-4)8-3(6)7;/h1-2,5H2,(H,6,7);1H. The zero-order valence-electron chi connectivity index (χ0n) is 4.66. The van der Waals surface area contributed by atoms with Crippen molar-refractivity contribution in [3.63, 3.8) is 0 Å². The molecule has 3 N–H and O–H groups in total. The maximum atomic E-state index is 9.75. The first-order valence-corrected chi connectivity index (χ1v) is 2.33. The molecule has 1 aliphatic rings. The normalized spacial score (nSPS) is 19.7. The molecule has 0 amide bonds. The SMILES string of the molecule is Cl.NC1(OC(=O)O)CC1. The van der Waals surface area contributed by atoms with Crippen molar-refractivity contribution in [1.82, 2.24) is 0 Å². The quantitative estimate of drug-likeness (QED) is 0.426. The van der Waals surface area contributed by atoms with Crippen LogP contribution in [0.4, 0.5) is 4.79 Å². The predicted molar refractivity (Wildman–Crippen MR) is 32.5 cm³/mol. The Morgan fingerprint density at radius 2 is 2.11 bits per heavy atom. The van der Waals surface area contributed by atoms with Crippen LogP contribution in [0.15, 0.2) is 0 Å². The lowest BCUT2D eigenvalue weighted by Gasteiger charge is -2.04. The monoisotopic (exact) mass is 153 g/mol. The first-order valence-electron chi connectivity index (χ1n) is 2.33. The average molecular weight is 154 g/mol. The molecule has 1 fully saturated rings. The van der Waals surface area contributed by atoms with Gasteiger partial charge in [0.05, 0.1) is 0 Å². The Morgan fingerprint density at radius 1 is 1.67 bits per heavy atom. The topological polar surface area (TPSA) is 72.5 Å². The molecular weight excluding hydrogens is 146 g/mol. The van der Waals surface area contributed by atoms with Crippen LogP contribution in [0.5, 0.6) is 0 Å². The fraction of sp³-hybridized carbons (Fsp3) is 0.750. The smallest absolute Gasteiger partial charge is 0.450 e. The minimum absolute atomic E-state index is 0. The van der Waals surface area contributed by atoms with E-state index in [0.29, 0.717) is 12.8 Å². The number of carbonyl (C=O) groups is 1. The minimum atomic E-state index is -1.29. The lowest BCUT2D eigenvalue weighted by molar-refractivity contribution is 0.0423. The highest BCUT2D eigenvalue weighted by Gasteiger charge is 2.42. The molecule has 0 aromatic rings. The van der Waals surface area contributed by atoms with E-state index in [9.17, 15) is 4.79 Å². The summed E-state index contributed by atoms with van der Waals surface area (Å²) in [6, 6.07) is 0. The van der Waals surface area contributed by atoms with Crippen LogP contribution in [-0.2, 0) is 4.74 Å². The van der Waals surface area contributed by atoms with E-state index in [4.69, 9.17) is 10.8 Å². The molecule has 0 aromatic heterocycles. The van der Waals surface area contributed by atoms with Crippen molar-refractivity contribution in [3.8, 4) is 0 Å². The Balaban J connectivity index is 0.000000640. The Bertz CT molecular complexity index is 123. The van der Waals surface area contributed by atoms with Crippen molar-refractivity contribution in [3.05, 3.63) is 0 Å². The Hall–Kier alpha value is -0.480. The molecule has 0 saturated heterocycles. The van der Waals surface area contributed by atoms with Crippen LogP contribution in [-0.4, -0.2) is 17.0 Å². The fourth-order valence-corrected chi connectivity index (χ4v) is 0.399. The minimum Gasteiger partial charge on any atom is -0.450 e. The van der Waals surface area contributed by atoms with E-state index in [1.807, 2.05) is 0 Å². The first-order chi connectivity index (χ1) is 3.62. The zero-order valence-corrected chi connectivity index (χ0v) is 5.48. The van der Waals surface area contributed by atoms with Crippen LogP contribution >= 0.6 is 12.4 Å². The molecule has 1 saturated carbocycles. The summed E-state index contributed by atoms with van der Waals surface area (Å²) in [5.41, 5.74) is 4.42. The molecule has 0 unspecified atom stereocenters. The molecule has 1 rings (SSSR count). The van der Waals surface area contributed by atoms with E-state index in [0.717, 1.165) is 0 Å². The van der Waals surface area contributed by atoms with Gasteiger partial charge in [-0.1, -0.05) is 0 Å². The number of rotatable bonds is 1. The molecule has 0 spiro atoms. The fourth-order valence-electron chi connectivity index (χ4n) is 0.399. The van der Waals surface area contributed by atoms with E-state index < -0.39 is 11.9 Å². The van der Waals surface area contributed by atoms with Gasteiger partial charge in [-0.15, -0.1) is 12.4 Å². The second-order valence-corrected chi connectivity index (χ2v) is 1.93. The first kappa shape index (κ1) is 8.52. The van der Waals surface area contributed by atoms with Crippen LogP contribution in [0.2, 0.25) is 0 Å². The molecule has 9 heavy (non-hydrogen) atoms. The van der Waals surface area contributed by atoms with Gasteiger partial charge in [0.2, 0.25) is 0 Å². The summed E-state index contributed by atoms with van der Waals surface area (Å²) >= 11 is 0. The summed E-state index contributed by atoms with van der Waals surface area (Å²) < 4.78 is 4.24. The number of hydrogen-bond acceptors (Lipinski definition) is 3. The highest BCUT2D eigenvalue weighted by molar-refractivity contribution is 5.85. The van der Waals surface area contributed by atoms with Gasteiger partial charge >= 0.3 is 6.16 Å². The van der Waals surface area contributed by atoms with Crippen molar-refractivity contribution >= 4 is 18.6 Å². The number of carboxylic acid groups (broad SMARTS) is 1. The van der Waals surface area contributed by atoms with Crippen molar-refractivity contribution < 1.29 is 14.6 Å². The van der Waals surface area contributed by atoms with E-state index in [1.165, 1.54) is 0 Å². The van der Waals surface area contributed by atoms with E-state index >= 15 is 0 Å². The van der Waals surface area contributed by atoms with Crippen LogP contribution in [0.3, 0.4) is 0 Å². The number of nitrogens with two attached hydrogens (primary N) is 1. The molecule has 0 radical (unpaired) electrons. The third-order valence-electron chi connectivity index (χ3n) is 1.03. The molecule has 4 nitrogen and oxygen atoms in total. The molecule has 54 valence electrons. The van der Waals surface area contributed by atoms with Gasteiger partial charge in [0.15, 0.2) is 5.72 Å². The van der Waals surface area contributed by atoms with E-state index in [1.54, 1.807) is 0 Å². The second-order valence-electron chi connectivity index (χ2n) is 1.93. The van der Waals surface area contributed by atoms with Gasteiger partial charge < -0.3 is 9.84 Å². The summed E-state index contributed by atoms with van der Waals surface area (Å²) in [6.45, 7) is 0. The Morgan fingerprint density at radius 3 is 2.22 bits per heavy atom. The molecule has 0 aromatic carbocycles. The molecule has 5 heteroatoms. The molecular formula is C4H8ClNO3. The summed E-state index contributed by atoms with van der Waals surface area (Å²) in [5, 5.41) is 7.99. The maximum Gasteiger partial charge on any atom is 0.507 e. The van der Waals surface area contributed by atoms with Crippen LogP contribution < -0.4 is 5.73 Å². The molecule has 1 aliphatic carbocycles. The molecule has 0 heterocycles. The third kappa shape index (κ3) is 2.53. The van der Waals surface area contributed by atoms with E-state index in [2.05, 4.69) is 4.74 Å². The third-order valence-corrected chi connectivity index (χ3v) is 1.03. The van der Waals surface area contributed by atoms with Gasteiger partial charge in [-0.2, -0.15) is 0 Å². The lowest BCUT2D eigenvalue weighted by Crippen LogP contribution is -2.28. The average Bonchev–Trinajstić information content (AvgIpc) is 2.17. The summed E-state index contributed by atoms with van der Waals surface area (Å²) in [5.74, 6) is 0. The van der Waals surface area contributed by atoms with Crippen molar-refractivity contribution in [2.75, 3.05) is 0 Å². The van der Waals surface area contributed by atoms with Crippen LogP contribution in [0.25, 0.3) is 0 Å². The Kier molecular flexibility index (Phi) is 2.28. The van der Waals surface area contributed by atoms with Crippen molar-refractivity contribution in [2.45, 2.75) is 18.6 Å². The van der Waals surface area contributed by atoms with Gasteiger partial charge in [-0.05, 0) is 0 Å². The van der Waals surface area contributed by atoms with E-state index in [-0.39, 0.29) is 12.4 Å². The van der Waals surface area contributed by atoms with Gasteiger partial charge in [-0.25, -0.2) is 4.79 Å². The van der Waals surface area contributed by atoms with Crippen molar-refractivity contribution in [2.24, 2.45) is 5.73 Å². The number of ether oxygens (including phenoxy) is 1. The van der Waals surface area contributed by atoms with Gasteiger partial charge in [0.25, 0.3) is 0 Å². The summed E-state index contributed by atoms with van der Waals surface area (Å²) in [6.07, 6.45) is 0.0171. The zero-order chi connectivity index (χ0) is 6.20. The number of hydrogen-bond donors (Lipinski definition) is 2. The summed E-state index contributed by atoms with van der Waals surface area (Å²) in [7, 11) is 0. The largest absolute Gasteiger partial charge is 0.507 e. The van der Waals surface area contributed by atoms with Gasteiger partial charge in [0, 0.05) is 12.8 Å². The molecule has 0 bridgehead atoms. The van der Waals surface area contributed by atoms with Gasteiger partial charge in [0.1, 0.15) is 0 Å². The van der Waals surface area contributed by atoms with Gasteiger partial charge in [-0.3, -0.25) is 5.73 Å². The maximum absolute atomic E-state index is 9.75. The highest BCUT2D eigenvalue weighted by Crippen LogP contribution is 2.33. The van der Waals surface area contributed by atoms with Crippen molar-refractivity contribution in [1.29, 1.82) is 0 Å². The molecule has 0 aliphatic heterocycles. The van der Waals surface area contributed by atoms with Crippen LogP contribution in [0.1, 0.15) is 12.8 Å². The lowest BCUT2D eigenvalue weighted by atomic mass is 10.6. The Labute approximate surface area is 58.4 Å². The van der Waals surface area contributed by atoms with Crippen LogP contribution in [0, 0.1) is 0 Å². The second kappa shape index (κ2) is 2.41. The predicted octanol–water partition coefficient (Wildman–Crippen LogP) is 0.552. The summed E-state index contributed by atoms with van der Waals surface area (Å²) in [4.78, 5) is 9.75. The molecule has 0 atom stereocenters.